The molecule has 0 aliphatic carbocycles. The molecule has 0 radical (unpaired) electrons. The number of fused-ring (bicyclic) bond motifs is 1. The maximum Gasteiger partial charge on any atom is 0.287 e. The lowest BCUT2D eigenvalue weighted by atomic mass is 10.1. The highest BCUT2D eigenvalue weighted by Gasteiger charge is 2.22. The van der Waals surface area contributed by atoms with E-state index in [4.69, 9.17) is 9.15 Å². The minimum atomic E-state index is -0.189. The summed E-state index contributed by atoms with van der Waals surface area (Å²) in [5.74, 6) is 1.53. The number of carbonyl (C=O) groups excluding carboxylic acids is 1. The third-order valence-electron chi connectivity index (χ3n) is 5.03. The van der Waals surface area contributed by atoms with Gasteiger partial charge in [0.2, 0.25) is 0 Å². The van der Waals surface area contributed by atoms with E-state index in [0.717, 1.165) is 25.3 Å². The predicted molar refractivity (Wildman–Crippen MR) is 110 cm³/mol. The van der Waals surface area contributed by atoms with Crippen molar-refractivity contribution >= 4 is 17.2 Å². The number of rotatable bonds is 7. The zero-order valence-electron chi connectivity index (χ0n) is 15.9. The van der Waals surface area contributed by atoms with Crippen LogP contribution < -0.4 is 10.1 Å². The molecule has 1 aromatic carbocycles. The molecule has 146 valence electrons. The van der Waals surface area contributed by atoms with E-state index in [1.165, 1.54) is 10.4 Å². The summed E-state index contributed by atoms with van der Waals surface area (Å²) in [4.78, 5) is 16.3. The average molecular weight is 397 g/mol. The Kier molecular flexibility index (Phi) is 5.78. The largest absolute Gasteiger partial charge is 0.486 e. The topological polar surface area (TPSA) is 54.7 Å². The zero-order valence-corrected chi connectivity index (χ0v) is 16.7. The molecule has 0 spiro atoms. The normalized spacial score (nSPS) is 15.0. The highest BCUT2D eigenvalue weighted by Crippen LogP contribution is 2.25. The standard InChI is InChI=1S/C22H24N2O3S/c1-16(24-11-9-21-17(14-24)10-12-28-21)13-23-22(25)20-8-7-19(27-20)15-26-18-5-3-2-4-6-18/h2-8,10,12,16H,9,11,13-15H2,1H3,(H,23,25). The van der Waals surface area contributed by atoms with E-state index in [-0.39, 0.29) is 11.9 Å². The number of hydrogen-bond acceptors (Lipinski definition) is 5. The maximum absolute atomic E-state index is 12.4. The first-order valence-corrected chi connectivity index (χ1v) is 10.4. The molecular weight excluding hydrogens is 372 g/mol. The van der Waals surface area contributed by atoms with E-state index in [0.29, 0.717) is 24.7 Å². The van der Waals surface area contributed by atoms with Crippen LogP contribution in [0.3, 0.4) is 0 Å². The van der Waals surface area contributed by atoms with Gasteiger partial charge in [-0.1, -0.05) is 18.2 Å². The summed E-state index contributed by atoms with van der Waals surface area (Å²) >= 11 is 1.84. The van der Waals surface area contributed by atoms with E-state index in [2.05, 4.69) is 28.6 Å². The molecule has 5 nitrogen and oxygen atoms in total. The van der Waals surface area contributed by atoms with Crippen molar-refractivity contribution in [2.75, 3.05) is 13.1 Å². The molecule has 1 unspecified atom stereocenters. The second-order valence-corrected chi connectivity index (χ2v) is 8.02. The monoisotopic (exact) mass is 396 g/mol. The summed E-state index contributed by atoms with van der Waals surface area (Å²) < 4.78 is 11.3. The fourth-order valence-corrected chi connectivity index (χ4v) is 4.24. The van der Waals surface area contributed by atoms with Gasteiger partial charge in [0.25, 0.3) is 5.91 Å². The number of thiophene rings is 1. The van der Waals surface area contributed by atoms with Crippen LogP contribution in [-0.4, -0.2) is 29.9 Å². The van der Waals surface area contributed by atoms with Crippen LogP contribution in [0.4, 0.5) is 0 Å². The highest BCUT2D eigenvalue weighted by molar-refractivity contribution is 7.10. The van der Waals surface area contributed by atoms with Crippen molar-refractivity contribution in [1.82, 2.24) is 10.2 Å². The van der Waals surface area contributed by atoms with Gasteiger partial charge < -0.3 is 14.5 Å². The number of carbonyl (C=O) groups is 1. The van der Waals surface area contributed by atoms with Crippen LogP contribution in [-0.2, 0) is 19.6 Å². The quantitative estimate of drug-likeness (QED) is 0.653. The Morgan fingerprint density at radius 2 is 2.11 bits per heavy atom. The van der Waals surface area contributed by atoms with Gasteiger partial charge in [-0.3, -0.25) is 9.69 Å². The number of furan rings is 1. The molecular formula is C22H24N2O3S. The van der Waals surface area contributed by atoms with Crippen LogP contribution in [0.1, 0.15) is 33.7 Å². The first-order chi connectivity index (χ1) is 13.7. The lowest BCUT2D eigenvalue weighted by molar-refractivity contribution is 0.0901. The van der Waals surface area contributed by atoms with E-state index in [1.54, 1.807) is 12.1 Å². The van der Waals surface area contributed by atoms with Gasteiger partial charge in [-0.2, -0.15) is 0 Å². The SMILES string of the molecule is CC(CNC(=O)c1ccc(COc2ccccc2)o1)N1CCc2sccc2C1. The Balaban J connectivity index is 1.25. The molecule has 1 atom stereocenters. The Bertz CT molecular complexity index is 919. The molecule has 1 aliphatic rings. The Hall–Kier alpha value is -2.57. The van der Waals surface area contributed by atoms with Crippen LogP contribution in [0.25, 0.3) is 0 Å². The van der Waals surface area contributed by atoms with E-state index in [9.17, 15) is 4.79 Å². The number of amides is 1. The zero-order chi connectivity index (χ0) is 19.3. The predicted octanol–water partition coefficient (Wildman–Crippen LogP) is 4.10. The molecule has 28 heavy (non-hydrogen) atoms. The van der Waals surface area contributed by atoms with E-state index < -0.39 is 0 Å². The highest BCUT2D eigenvalue weighted by atomic mass is 32.1. The molecule has 0 saturated carbocycles. The number of nitrogens with one attached hydrogen (secondary N) is 1. The van der Waals surface area contributed by atoms with E-state index >= 15 is 0 Å². The Morgan fingerprint density at radius 1 is 1.25 bits per heavy atom. The Morgan fingerprint density at radius 3 is 2.96 bits per heavy atom. The van der Waals surface area contributed by atoms with Crippen LogP contribution in [0.15, 0.2) is 58.3 Å². The van der Waals surface area contributed by atoms with Crippen LogP contribution in [0, 0.1) is 0 Å². The van der Waals surface area contributed by atoms with Crippen molar-refractivity contribution in [3.8, 4) is 5.75 Å². The van der Waals surface area contributed by atoms with Crippen LogP contribution in [0.5, 0.6) is 5.75 Å². The maximum atomic E-state index is 12.4. The van der Waals surface area contributed by atoms with Crippen molar-refractivity contribution < 1.29 is 13.9 Å². The molecule has 1 amide bonds. The second-order valence-electron chi connectivity index (χ2n) is 7.02. The third-order valence-corrected chi connectivity index (χ3v) is 6.05. The van der Waals surface area contributed by atoms with Crippen molar-refractivity contribution in [1.29, 1.82) is 0 Å². The number of ether oxygens (including phenoxy) is 1. The first kappa shape index (κ1) is 18.8. The second kappa shape index (κ2) is 8.63. The number of para-hydroxylation sites is 1. The summed E-state index contributed by atoms with van der Waals surface area (Å²) in [6.45, 7) is 5.03. The molecule has 6 heteroatoms. The lowest BCUT2D eigenvalue weighted by Crippen LogP contribution is -2.44. The minimum Gasteiger partial charge on any atom is -0.486 e. The van der Waals surface area contributed by atoms with E-state index in [1.807, 2.05) is 41.7 Å². The lowest BCUT2D eigenvalue weighted by Gasteiger charge is -2.32. The van der Waals surface area contributed by atoms with Crippen LogP contribution in [0.2, 0.25) is 0 Å². The van der Waals surface area contributed by atoms with Gasteiger partial charge >= 0.3 is 0 Å². The molecule has 0 saturated heterocycles. The summed E-state index contributed by atoms with van der Waals surface area (Å²) in [6.07, 6.45) is 1.09. The smallest absolute Gasteiger partial charge is 0.287 e. The molecule has 2 aromatic heterocycles. The molecule has 1 aliphatic heterocycles. The molecule has 0 bridgehead atoms. The summed E-state index contributed by atoms with van der Waals surface area (Å²) in [5, 5.41) is 5.15. The van der Waals surface area contributed by atoms with Crippen molar-refractivity contribution in [2.24, 2.45) is 0 Å². The average Bonchev–Trinajstić information content (AvgIpc) is 3.39. The first-order valence-electron chi connectivity index (χ1n) is 9.53. The van der Waals surface area contributed by atoms with Gasteiger partial charge in [-0.25, -0.2) is 0 Å². The van der Waals surface area contributed by atoms with Gasteiger partial charge in [0.1, 0.15) is 18.1 Å². The van der Waals surface area contributed by atoms with Crippen LogP contribution >= 0.6 is 11.3 Å². The number of hydrogen-bond donors (Lipinski definition) is 1. The van der Waals surface area contributed by atoms with Gasteiger partial charge in [0.15, 0.2) is 5.76 Å². The molecule has 3 aromatic rings. The summed E-state index contributed by atoms with van der Waals surface area (Å²) in [7, 11) is 0. The Labute approximate surface area is 168 Å². The number of nitrogens with zero attached hydrogens (tertiary/aromatic N) is 1. The van der Waals surface area contributed by atoms with Crippen molar-refractivity contribution in [2.45, 2.75) is 32.5 Å². The van der Waals surface area contributed by atoms with Gasteiger partial charge in [0.05, 0.1) is 0 Å². The third kappa shape index (κ3) is 4.46. The summed E-state index contributed by atoms with van der Waals surface area (Å²) in [5.41, 5.74) is 1.42. The minimum absolute atomic E-state index is 0.189. The fourth-order valence-electron chi connectivity index (χ4n) is 3.35. The van der Waals surface area contributed by atoms with Crippen molar-refractivity contribution in [3.05, 3.63) is 75.9 Å². The van der Waals surface area contributed by atoms with Gasteiger partial charge in [0, 0.05) is 30.6 Å². The molecule has 1 N–H and O–H groups in total. The number of benzene rings is 1. The van der Waals surface area contributed by atoms with Crippen molar-refractivity contribution in [3.63, 3.8) is 0 Å². The molecule has 4 rings (SSSR count). The fraction of sp³-hybridized carbons (Fsp3) is 0.318. The van der Waals surface area contributed by atoms with Gasteiger partial charge in [-0.15, -0.1) is 11.3 Å². The molecule has 0 fully saturated rings. The summed E-state index contributed by atoms with van der Waals surface area (Å²) in [6, 6.07) is 15.5. The molecule has 3 heterocycles. The van der Waals surface area contributed by atoms with Gasteiger partial charge in [-0.05, 0) is 54.6 Å².